The van der Waals surface area contributed by atoms with E-state index in [1.165, 1.54) is 5.56 Å². The second-order valence-corrected chi connectivity index (χ2v) is 6.33. The molecule has 0 atom stereocenters. The highest BCUT2D eigenvalue weighted by Crippen LogP contribution is 2.33. The van der Waals surface area contributed by atoms with Crippen LogP contribution in [0.25, 0.3) is 0 Å². The summed E-state index contributed by atoms with van der Waals surface area (Å²) in [5.41, 5.74) is 1.34. The highest BCUT2D eigenvalue weighted by Gasteiger charge is 2.21. The molecule has 3 nitrogen and oxygen atoms in total. The molecule has 114 valence electrons. The van der Waals surface area contributed by atoms with E-state index in [1.807, 2.05) is 6.07 Å². The maximum absolute atomic E-state index is 5.35. The Kier molecular flexibility index (Phi) is 6.34. The van der Waals surface area contributed by atoms with Crippen molar-refractivity contribution in [3.05, 3.63) is 23.8 Å². The number of hydrogen-bond acceptors (Lipinski definition) is 3. The van der Waals surface area contributed by atoms with Gasteiger partial charge >= 0.3 is 0 Å². The fraction of sp³-hybridized carbons (Fsp3) is 0.647. The van der Waals surface area contributed by atoms with E-state index >= 15 is 0 Å². The highest BCUT2D eigenvalue weighted by molar-refractivity contribution is 5.41. The smallest absolute Gasteiger partial charge is 0.122 e. The molecule has 1 aromatic carbocycles. The first kappa shape index (κ1) is 16.8. The maximum atomic E-state index is 5.35. The van der Waals surface area contributed by atoms with Crippen molar-refractivity contribution in [1.82, 2.24) is 5.32 Å². The molecule has 0 bridgehead atoms. The van der Waals surface area contributed by atoms with Crippen LogP contribution in [0.4, 0.5) is 0 Å². The number of methoxy groups -OCH3 is 2. The van der Waals surface area contributed by atoms with Crippen LogP contribution in [-0.4, -0.2) is 27.3 Å². The number of rotatable bonds is 8. The van der Waals surface area contributed by atoms with Crippen LogP contribution < -0.4 is 14.8 Å². The Morgan fingerprint density at radius 1 is 1.05 bits per heavy atom. The lowest BCUT2D eigenvalue weighted by atomic mass is 9.81. The minimum atomic E-state index is 0.0891. The van der Waals surface area contributed by atoms with E-state index in [1.54, 1.807) is 14.2 Å². The lowest BCUT2D eigenvalue weighted by molar-refractivity contribution is 0.386. The van der Waals surface area contributed by atoms with Crippen LogP contribution in [0.15, 0.2) is 18.2 Å². The lowest BCUT2D eigenvalue weighted by Gasteiger charge is -2.26. The molecule has 20 heavy (non-hydrogen) atoms. The van der Waals surface area contributed by atoms with Gasteiger partial charge in [-0.1, -0.05) is 27.7 Å². The van der Waals surface area contributed by atoms with E-state index in [2.05, 4.69) is 45.1 Å². The number of benzene rings is 1. The van der Waals surface area contributed by atoms with E-state index in [0.717, 1.165) is 31.0 Å². The Balaban J connectivity index is 2.75. The molecule has 0 aliphatic rings. The molecular formula is C17H29NO2. The van der Waals surface area contributed by atoms with E-state index in [4.69, 9.17) is 9.47 Å². The van der Waals surface area contributed by atoms with Crippen LogP contribution in [-0.2, 0) is 5.41 Å². The van der Waals surface area contributed by atoms with Gasteiger partial charge in [0.05, 0.1) is 14.2 Å². The molecule has 0 heterocycles. The summed E-state index contributed by atoms with van der Waals surface area (Å²) in [5, 5.41) is 3.51. The van der Waals surface area contributed by atoms with Crippen molar-refractivity contribution >= 4 is 0 Å². The third kappa shape index (κ3) is 5.04. The molecule has 0 aliphatic heterocycles. The zero-order valence-corrected chi connectivity index (χ0v) is 13.7. The van der Waals surface area contributed by atoms with Crippen LogP contribution in [0.5, 0.6) is 11.5 Å². The predicted octanol–water partition coefficient (Wildman–Crippen LogP) is 3.62. The summed E-state index contributed by atoms with van der Waals surface area (Å²) in [5.74, 6) is 2.39. The Bertz CT molecular complexity index is 391. The van der Waals surface area contributed by atoms with Gasteiger partial charge in [-0.25, -0.2) is 0 Å². The van der Waals surface area contributed by atoms with E-state index in [9.17, 15) is 0 Å². The van der Waals surface area contributed by atoms with Crippen molar-refractivity contribution < 1.29 is 9.47 Å². The van der Waals surface area contributed by atoms with Gasteiger partial charge in [0.2, 0.25) is 0 Å². The Hall–Kier alpha value is -1.22. The first-order chi connectivity index (χ1) is 9.39. The molecule has 1 rings (SSSR count). The summed E-state index contributed by atoms with van der Waals surface area (Å²) in [6, 6.07) is 6.12. The molecule has 0 fully saturated rings. The van der Waals surface area contributed by atoms with Gasteiger partial charge in [0, 0.05) is 6.07 Å². The van der Waals surface area contributed by atoms with Crippen molar-refractivity contribution in [3.63, 3.8) is 0 Å². The van der Waals surface area contributed by atoms with Crippen molar-refractivity contribution in [3.8, 4) is 11.5 Å². The molecule has 0 aliphatic carbocycles. The van der Waals surface area contributed by atoms with Gasteiger partial charge in [0.15, 0.2) is 0 Å². The third-order valence-electron chi connectivity index (χ3n) is 3.61. The van der Waals surface area contributed by atoms with Crippen LogP contribution >= 0.6 is 0 Å². The monoisotopic (exact) mass is 279 g/mol. The molecule has 3 heteroatoms. The second-order valence-electron chi connectivity index (χ2n) is 6.33. The molecule has 0 spiro atoms. The van der Waals surface area contributed by atoms with Crippen LogP contribution in [0.1, 0.15) is 39.7 Å². The molecule has 0 unspecified atom stereocenters. The zero-order valence-electron chi connectivity index (χ0n) is 13.7. The summed E-state index contributed by atoms with van der Waals surface area (Å²) < 4.78 is 10.7. The molecule has 1 aromatic rings. The van der Waals surface area contributed by atoms with Gasteiger partial charge in [-0.2, -0.15) is 0 Å². The maximum Gasteiger partial charge on any atom is 0.122 e. The van der Waals surface area contributed by atoms with Gasteiger partial charge < -0.3 is 14.8 Å². The quantitative estimate of drug-likeness (QED) is 0.737. The average molecular weight is 279 g/mol. The van der Waals surface area contributed by atoms with Crippen LogP contribution in [0.2, 0.25) is 0 Å². The van der Waals surface area contributed by atoms with Crippen molar-refractivity contribution in [2.75, 3.05) is 27.3 Å². The Morgan fingerprint density at radius 3 is 2.05 bits per heavy atom. The Labute approximate surface area is 123 Å². The molecule has 0 aromatic heterocycles. The minimum absolute atomic E-state index is 0.0891. The van der Waals surface area contributed by atoms with E-state index < -0.39 is 0 Å². The second kappa shape index (κ2) is 7.53. The van der Waals surface area contributed by atoms with Crippen molar-refractivity contribution in [1.29, 1.82) is 0 Å². The fourth-order valence-electron chi connectivity index (χ4n) is 2.13. The molecule has 0 saturated heterocycles. The zero-order chi connectivity index (χ0) is 15.2. The minimum Gasteiger partial charge on any atom is -0.497 e. The first-order valence-electron chi connectivity index (χ1n) is 7.33. The van der Waals surface area contributed by atoms with Crippen LogP contribution in [0, 0.1) is 5.92 Å². The number of nitrogens with one attached hydrogen (secondary N) is 1. The van der Waals surface area contributed by atoms with Gasteiger partial charge in [-0.15, -0.1) is 0 Å². The molecule has 0 radical (unpaired) electrons. The summed E-state index contributed by atoms with van der Waals surface area (Å²) >= 11 is 0. The van der Waals surface area contributed by atoms with Gasteiger partial charge in [-0.3, -0.25) is 0 Å². The largest absolute Gasteiger partial charge is 0.497 e. The van der Waals surface area contributed by atoms with E-state index in [0.29, 0.717) is 5.92 Å². The first-order valence-corrected chi connectivity index (χ1v) is 7.33. The number of ether oxygens (including phenoxy) is 2. The molecule has 0 saturated carbocycles. The normalized spacial score (nSPS) is 11.8. The topological polar surface area (TPSA) is 30.5 Å². The predicted molar refractivity (Wildman–Crippen MR) is 84.9 cm³/mol. The number of hydrogen-bond donors (Lipinski definition) is 1. The summed E-state index contributed by atoms with van der Waals surface area (Å²) in [4.78, 5) is 0. The lowest BCUT2D eigenvalue weighted by Crippen LogP contribution is -2.27. The van der Waals surface area contributed by atoms with Crippen LogP contribution in [0.3, 0.4) is 0 Å². The molecule has 1 N–H and O–H groups in total. The molecule has 0 amide bonds. The van der Waals surface area contributed by atoms with Gasteiger partial charge in [0.25, 0.3) is 0 Å². The van der Waals surface area contributed by atoms with E-state index in [-0.39, 0.29) is 5.41 Å². The SMILES string of the molecule is COc1cc(OC)cc(C(C)(C)CCNCC(C)C)c1. The fourth-order valence-corrected chi connectivity index (χ4v) is 2.13. The van der Waals surface area contributed by atoms with Gasteiger partial charge in [-0.05, 0) is 48.5 Å². The van der Waals surface area contributed by atoms with Crippen molar-refractivity contribution in [2.45, 2.75) is 39.5 Å². The Morgan fingerprint density at radius 2 is 1.60 bits per heavy atom. The third-order valence-corrected chi connectivity index (χ3v) is 3.61. The standard InChI is InChI=1S/C17H29NO2/c1-13(2)12-18-8-7-17(3,4)14-9-15(19-5)11-16(10-14)20-6/h9-11,13,18H,7-8,12H2,1-6H3. The molecular weight excluding hydrogens is 250 g/mol. The summed E-state index contributed by atoms with van der Waals surface area (Å²) in [6.07, 6.45) is 1.08. The summed E-state index contributed by atoms with van der Waals surface area (Å²) in [7, 11) is 3.38. The van der Waals surface area contributed by atoms with Gasteiger partial charge in [0.1, 0.15) is 11.5 Å². The average Bonchev–Trinajstić information content (AvgIpc) is 2.42. The summed E-state index contributed by atoms with van der Waals surface area (Å²) in [6.45, 7) is 11.1. The highest BCUT2D eigenvalue weighted by atomic mass is 16.5. The van der Waals surface area contributed by atoms with Crippen molar-refractivity contribution in [2.24, 2.45) is 5.92 Å².